The number of nitrogens with zero attached hydrogens (tertiary/aromatic N) is 5. The Bertz CT molecular complexity index is 2140. The van der Waals surface area contributed by atoms with Crippen molar-refractivity contribution >= 4 is 16.9 Å². The average molecular weight is 723 g/mol. The van der Waals surface area contributed by atoms with Gasteiger partial charge in [-0.2, -0.15) is 0 Å². The summed E-state index contributed by atoms with van der Waals surface area (Å²) in [5.41, 5.74) is 8.31. The SMILES string of the molecule is C=C1NC(=O)CCC1n1c(=O)n(C)c2cc(CN3CCC(C4CCN(Cc5c(OC)cc(-c6cn(C)c(=O)c(C)c6C)cc5OC)CC4)CC3)ccc21. The Kier molecular flexibility index (Phi) is 10.4. The van der Waals surface area contributed by atoms with Crippen LogP contribution in [0.4, 0.5) is 0 Å². The van der Waals surface area contributed by atoms with Gasteiger partial charge in [-0.15, -0.1) is 0 Å². The smallest absolute Gasteiger partial charge is 0.329 e. The molecule has 0 saturated carbocycles. The van der Waals surface area contributed by atoms with Crippen LogP contribution in [-0.4, -0.2) is 69.8 Å². The number of rotatable bonds is 9. The molecule has 3 saturated heterocycles. The Morgan fingerprint density at radius 2 is 1.40 bits per heavy atom. The number of piperidine rings is 3. The Morgan fingerprint density at radius 1 is 0.792 bits per heavy atom. The van der Waals surface area contributed by atoms with Crippen LogP contribution in [0.25, 0.3) is 22.2 Å². The van der Waals surface area contributed by atoms with Crippen molar-refractivity contribution in [3.8, 4) is 22.6 Å². The molecule has 1 unspecified atom stereocenters. The van der Waals surface area contributed by atoms with Crippen molar-refractivity contribution in [2.45, 2.75) is 71.5 Å². The molecular formula is C42H54N6O5. The van der Waals surface area contributed by atoms with Crippen LogP contribution < -0.4 is 26.0 Å². The fourth-order valence-electron chi connectivity index (χ4n) is 9.07. The van der Waals surface area contributed by atoms with Gasteiger partial charge in [-0.05, 0) is 125 Å². The van der Waals surface area contributed by atoms with Crippen LogP contribution in [0.1, 0.15) is 66.8 Å². The number of hydrogen-bond donors (Lipinski definition) is 1. The summed E-state index contributed by atoms with van der Waals surface area (Å²) < 4.78 is 17.0. The number of methoxy groups -OCH3 is 2. The molecule has 0 radical (unpaired) electrons. The van der Waals surface area contributed by atoms with Crippen LogP contribution in [0.15, 0.2) is 58.4 Å². The third-order valence-electron chi connectivity index (χ3n) is 12.4. The van der Waals surface area contributed by atoms with Gasteiger partial charge in [0.1, 0.15) is 11.5 Å². The molecular weight excluding hydrogens is 668 g/mol. The summed E-state index contributed by atoms with van der Waals surface area (Å²) in [4.78, 5) is 42.7. The summed E-state index contributed by atoms with van der Waals surface area (Å²) in [5.74, 6) is 3.06. The molecule has 0 bridgehead atoms. The van der Waals surface area contributed by atoms with Gasteiger partial charge in [-0.1, -0.05) is 12.6 Å². The number of imidazole rings is 1. The van der Waals surface area contributed by atoms with E-state index in [2.05, 4.69) is 52.0 Å². The quantitative estimate of drug-likeness (QED) is 0.246. The van der Waals surface area contributed by atoms with E-state index in [-0.39, 0.29) is 23.2 Å². The summed E-state index contributed by atoms with van der Waals surface area (Å²) in [6.07, 6.45) is 7.69. The van der Waals surface area contributed by atoms with Gasteiger partial charge < -0.3 is 19.4 Å². The topological polar surface area (TPSA) is 103 Å². The molecule has 7 rings (SSSR count). The second-order valence-corrected chi connectivity index (χ2v) is 15.5. The molecule has 2 aromatic carbocycles. The number of carbonyl (C=O) groups excluding carboxylic acids is 1. The van der Waals surface area contributed by atoms with Crippen LogP contribution in [0, 0.1) is 25.7 Å². The molecule has 0 aliphatic carbocycles. The van der Waals surface area contributed by atoms with Gasteiger partial charge >= 0.3 is 5.69 Å². The predicted molar refractivity (Wildman–Crippen MR) is 208 cm³/mol. The highest BCUT2D eigenvalue weighted by Gasteiger charge is 2.31. The first-order valence-corrected chi connectivity index (χ1v) is 19.0. The molecule has 0 spiro atoms. The molecule has 2 aromatic heterocycles. The minimum absolute atomic E-state index is 0.0211. The van der Waals surface area contributed by atoms with Crippen molar-refractivity contribution in [3.05, 3.63) is 91.9 Å². The second kappa shape index (κ2) is 15.0. The first kappa shape index (κ1) is 36.7. The normalized spacial score (nSPS) is 19.5. The molecule has 11 heteroatoms. The van der Waals surface area contributed by atoms with E-state index in [9.17, 15) is 14.4 Å². The number of allylic oxidation sites excluding steroid dienone is 1. The Labute approximate surface area is 311 Å². The fourth-order valence-corrected chi connectivity index (χ4v) is 9.07. The fraction of sp³-hybridized carbons (Fsp3) is 0.500. The minimum atomic E-state index is -0.230. The first-order valence-electron chi connectivity index (χ1n) is 19.0. The molecule has 4 aromatic rings. The van der Waals surface area contributed by atoms with E-state index in [0.717, 1.165) is 101 Å². The molecule has 3 aliphatic heterocycles. The lowest BCUT2D eigenvalue weighted by Gasteiger charge is -2.40. The summed E-state index contributed by atoms with van der Waals surface area (Å²) in [5, 5.41) is 2.83. The predicted octanol–water partition coefficient (Wildman–Crippen LogP) is 5.43. The van der Waals surface area contributed by atoms with E-state index in [1.807, 2.05) is 27.1 Å². The molecule has 11 nitrogen and oxygen atoms in total. The molecule has 3 fully saturated rings. The number of pyridine rings is 1. The van der Waals surface area contributed by atoms with E-state index < -0.39 is 0 Å². The Hall–Kier alpha value is -4.61. The maximum Gasteiger partial charge on any atom is 0.329 e. The highest BCUT2D eigenvalue weighted by atomic mass is 16.5. The van der Waals surface area contributed by atoms with Crippen molar-refractivity contribution in [1.82, 2.24) is 28.8 Å². The summed E-state index contributed by atoms with van der Waals surface area (Å²) in [6, 6.07) is 10.3. The zero-order valence-electron chi connectivity index (χ0n) is 32.2. The number of fused-ring (bicyclic) bond motifs is 1. The number of likely N-dealkylation sites (tertiary alicyclic amines) is 2. The summed E-state index contributed by atoms with van der Waals surface area (Å²) in [6.45, 7) is 13.8. The van der Waals surface area contributed by atoms with Gasteiger partial charge in [0.15, 0.2) is 0 Å². The van der Waals surface area contributed by atoms with Gasteiger partial charge in [0.05, 0.1) is 36.9 Å². The number of aromatic nitrogens is 3. The van der Waals surface area contributed by atoms with E-state index in [1.165, 1.54) is 31.2 Å². The first-order chi connectivity index (χ1) is 25.5. The number of amides is 1. The Morgan fingerprint density at radius 3 is 1.98 bits per heavy atom. The highest BCUT2D eigenvalue weighted by molar-refractivity contribution is 5.80. The van der Waals surface area contributed by atoms with Crippen molar-refractivity contribution in [2.24, 2.45) is 25.9 Å². The average Bonchev–Trinajstić information content (AvgIpc) is 3.40. The molecule has 282 valence electrons. The number of aryl methyl sites for hydroxylation is 2. The number of ether oxygens (including phenoxy) is 2. The van der Waals surface area contributed by atoms with Crippen LogP contribution in [-0.2, 0) is 32.0 Å². The van der Waals surface area contributed by atoms with Crippen LogP contribution in [0.3, 0.4) is 0 Å². The molecule has 5 heterocycles. The van der Waals surface area contributed by atoms with Crippen LogP contribution in [0.2, 0.25) is 0 Å². The van der Waals surface area contributed by atoms with Crippen molar-refractivity contribution in [2.75, 3.05) is 40.4 Å². The van der Waals surface area contributed by atoms with Crippen molar-refractivity contribution < 1.29 is 14.3 Å². The number of hydrogen-bond acceptors (Lipinski definition) is 7. The van der Waals surface area contributed by atoms with E-state index >= 15 is 0 Å². The minimum Gasteiger partial charge on any atom is -0.496 e. The molecule has 1 atom stereocenters. The molecule has 3 aliphatic rings. The van der Waals surface area contributed by atoms with E-state index in [1.54, 1.807) is 35.0 Å². The van der Waals surface area contributed by atoms with E-state index in [0.29, 0.717) is 18.5 Å². The van der Waals surface area contributed by atoms with Crippen molar-refractivity contribution in [3.63, 3.8) is 0 Å². The zero-order valence-corrected chi connectivity index (χ0v) is 32.2. The van der Waals surface area contributed by atoms with Gasteiger partial charge in [-0.3, -0.25) is 28.5 Å². The van der Waals surface area contributed by atoms with Crippen LogP contribution >= 0.6 is 0 Å². The second-order valence-electron chi connectivity index (χ2n) is 15.5. The lowest BCUT2D eigenvalue weighted by Crippen LogP contribution is -2.40. The summed E-state index contributed by atoms with van der Waals surface area (Å²) >= 11 is 0. The third-order valence-corrected chi connectivity index (χ3v) is 12.4. The summed E-state index contributed by atoms with van der Waals surface area (Å²) in [7, 11) is 7.06. The number of benzene rings is 2. The highest BCUT2D eigenvalue weighted by Crippen LogP contribution is 2.39. The lowest BCUT2D eigenvalue weighted by molar-refractivity contribution is -0.121. The third kappa shape index (κ3) is 7.09. The standard InChI is InChI=1S/C42H54N6O5/c1-26-27(2)41(50)44(4)24-33(26)32-21-38(52-6)34(39(22-32)53-7)25-47-18-14-31(15-19-47)30-12-16-46(17-13-30)23-29-8-9-36-37(20-29)45(5)42(51)48(36)35-10-11-40(49)43-28(35)3/h8-9,20-22,24,30-31,35H,3,10-19,23,25H2,1-2,4-7H3,(H,43,49). The van der Waals surface area contributed by atoms with Crippen molar-refractivity contribution in [1.29, 1.82) is 0 Å². The largest absolute Gasteiger partial charge is 0.496 e. The maximum atomic E-state index is 13.3. The van der Waals surface area contributed by atoms with Gasteiger partial charge in [0.2, 0.25) is 5.91 Å². The van der Waals surface area contributed by atoms with Gasteiger partial charge in [0.25, 0.3) is 5.56 Å². The van der Waals surface area contributed by atoms with Crippen LogP contribution in [0.5, 0.6) is 11.5 Å². The molecule has 1 N–H and O–H groups in total. The number of nitrogens with one attached hydrogen (secondary N) is 1. The molecule has 1 amide bonds. The molecule has 53 heavy (non-hydrogen) atoms. The van der Waals surface area contributed by atoms with Gasteiger partial charge in [-0.25, -0.2) is 4.79 Å². The monoisotopic (exact) mass is 722 g/mol. The zero-order chi connectivity index (χ0) is 37.6. The number of carbonyl (C=O) groups is 1. The lowest BCUT2D eigenvalue weighted by atomic mass is 9.78. The van der Waals surface area contributed by atoms with E-state index in [4.69, 9.17) is 9.47 Å². The maximum absolute atomic E-state index is 13.3. The Balaban J connectivity index is 0.949. The van der Waals surface area contributed by atoms with Gasteiger partial charge in [0, 0.05) is 56.6 Å².